The topological polar surface area (TPSA) is 135 Å². The number of sulfonamides is 1. The van der Waals surface area contributed by atoms with Gasteiger partial charge < -0.3 is 29.2 Å². The zero-order chi connectivity index (χ0) is 31.4. The van der Waals surface area contributed by atoms with Gasteiger partial charge in [0, 0.05) is 32.2 Å². The Labute approximate surface area is 252 Å². The van der Waals surface area contributed by atoms with Gasteiger partial charge in [-0.15, -0.1) is 0 Å². The van der Waals surface area contributed by atoms with Crippen molar-refractivity contribution in [2.24, 2.45) is 0 Å². The van der Waals surface area contributed by atoms with Gasteiger partial charge in [-0.3, -0.25) is 4.90 Å². The third-order valence-corrected chi connectivity index (χ3v) is 10.5. The van der Waals surface area contributed by atoms with Crippen molar-refractivity contribution < 1.29 is 46.8 Å². The van der Waals surface area contributed by atoms with Crippen molar-refractivity contribution in [3.63, 3.8) is 0 Å². The largest absolute Gasteiger partial charge is 0.497 e. The van der Waals surface area contributed by atoms with E-state index in [2.05, 4.69) is 0 Å². The summed E-state index contributed by atoms with van der Waals surface area (Å²) in [6.07, 6.45) is 1.49. The van der Waals surface area contributed by atoms with E-state index >= 15 is 4.39 Å². The van der Waals surface area contributed by atoms with Crippen LogP contribution in [-0.2, 0) is 30.7 Å². The predicted octanol–water partition coefficient (Wildman–Crippen LogP) is 3.83. The summed E-state index contributed by atoms with van der Waals surface area (Å²) < 4.78 is 65.6. The number of hydrogen-bond acceptors (Lipinski definition) is 8. The molecular weight excluding hydrogens is 583 g/mol. The van der Waals surface area contributed by atoms with E-state index in [-0.39, 0.29) is 12.5 Å². The smallest absolute Gasteiger partial charge is 0.412 e. The fourth-order valence-corrected chi connectivity index (χ4v) is 8.13. The van der Waals surface area contributed by atoms with Crippen molar-refractivity contribution in [3.8, 4) is 5.75 Å². The lowest BCUT2D eigenvalue weighted by molar-refractivity contribution is -0.0535. The molecule has 0 radical (unpaired) electrons. The highest BCUT2D eigenvalue weighted by molar-refractivity contribution is 7.89. The average Bonchev–Trinajstić information content (AvgIpc) is 3.46. The normalized spacial score (nSPS) is 23.9. The molecule has 0 spiro atoms. The number of halogens is 1. The molecule has 1 aliphatic carbocycles. The summed E-state index contributed by atoms with van der Waals surface area (Å²) in [5.74, 6) is 0.602. The zero-order valence-electron chi connectivity index (χ0n) is 25.1. The minimum absolute atomic E-state index is 0.0356. The first-order chi connectivity index (χ1) is 20.3. The Hall–Kier alpha value is -2.71. The Bertz CT molecular complexity index is 1270. The maximum atomic E-state index is 15.1. The molecule has 0 bridgehead atoms. The third kappa shape index (κ3) is 8.07. The average molecular weight is 627 g/mol. The predicted molar refractivity (Wildman–Crippen MR) is 157 cm³/mol. The molecule has 240 valence electrons. The van der Waals surface area contributed by atoms with E-state index < -0.39 is 58.6 Å². The standard InChI is InChI=1S/C30H43FN2O9S/c1-30(2,31)19-32(43(37,38)23-11-9-22(40-4)10-12-23)18-27(34)26(17-20-5-7-21(39-3)8-6-20)33(29(35)36)25-14-16-42-28-24(25)13-15-41-28/h5-8,14,16,22-23,26-28,34H,9-13,15,17-19H2,1-4H3,(H,35,36)/t22?,23?,26-,27+,28+/m0/s1. The van der Waals surface area contributed by atoms with Crippen LogP contribution in [0.3, 0.4) is 0 Å². The number of aliphatic hydroxyl groups is 1. The van der Waals surface area contributed by atoms with Crippen molar-refractivity contribution in [2.75, 3.05) is 33.9 Å². The van der Waals surface area contributed by atoms with Gasteiger partial charge in [0.15, 0.2) is 0 Å². The van der Waals surface area contributed by atoms with Crippen LogP contribution in [0.2, 0.25) is 0 Å². The number of ether oxygens (including phenoxy) is 4. The van der Waals surface area contributed by atoms with Gasteiger partial charge in [0.25, 0.3) is 0 Å². The number of methoxy groups -OCH3 is 2. The van der Waals surface area contributed by atoms with Crippen LogP contribution in [0.4, 0.5) is 9.18 Å². The summed E-state index contributed by atoms with van der Waals surface area (Å²) in [5, 5.41) is 21.5. The van der Waals surface area contributed by atoms with E-state index in [1.165, 1.54) is 33.3 Å². The maximum Gasteiger partial charge on any atom is 0.412 e. The summed E-state index contributed by atoms with van der Waals surface area (Å²) in [4.78, 5) is 13.9. The van der Waals surface area contributed by atoms with Crippen molar-refractivity contribution in [1.29, 1.82) is 0 Å². The van der Waals surface area contributed by atoms with Crippen LogP contribution in [0.5, 0.6) is 5.75 Å². The lowest BCUT2D eigenvalue weighted by Crippen LogP contribution is -2.55. The Balaban J connectivity index is 1.70. The Morgan fingerprint density at radius 2 is 1.84 bits per heavy atom. The quantitative estimate of drug-likeness (QED) is 0.335. The maximum absolute atomic E-state index is 15.1. The van der Waals surface area contributed by atoms with Crippen LogP contribution in [-0.4, -0.2) is 103 Å². The van der Waals surface area contributed by atoms with Crippen LogP contribution in [0.25, 0.3) is 0 Å². The molecule has 2 fully saturated rings. The molecule has 1 amide bonds. The van der Waals surface area contributed by atoms with Crippen LogP contribution in [0.15, 0.2) is 47.9 Å². The van der Waals surface area contributed by atoms with E-state index in [9.17, 15) is 23.4 Å². The first kappa shape index (κ1) is 33.2. The van der Waals surface area contributed by atoms with Crippen LogP contribution >= 0.6 is 0 Å². The number of nitrogens with zero attached hydrogens (tertiary/aromatic N) is 2. The highest BCUT2D eigenvalue weighted by Gasteiger charge is 2.42. The molecule has 3 aliphatic rings. The van der Waals surface area contributed by atoms with Gasteiger partial charge in [0.2, 0.25) is 16.3 Å². The third-order valence-electron chi connectivity index (χ3n) is 8.21. The second-order valence-corrected chi connectivity index (χ2v) is 14.0. The number of carbonyl (C=O) groups is 1. The lowest BCUT2D eigenvalue weighted by atomic mass is 9.97. The molecule has 11 nitrogen and oxygen atoms in total. The van der Waals surface area contributed by atoms with E-state index in [1.807, 2.05) is 0 Å². The summed E-state index contributed by atoms with van der Waals surface area (Å²) in [6.45, 7) is 1.92. The number of hydrogen-bond donors (Lipinski definition) is 2. The van der Waals surface area contributed by atoms with E-state index in [0.717, 1.165) is 9.21 Å². The molecule has 2 heterocycles. The Kier molecular flexibility index (Phi) is 10.8. The first-order valence-electron chi connectivity index (χ1n) is 14.5. The SMILES string of the molecule is COc1ccc(C[C@@H]([C@H](O)CN(CC(C)(C)F)S(=O)(=O)C2CCC(OC)CC2)N(C(=O)O)C2=C3CCO[C@@H]3OC=C2)cc1. The van der Waals surface area contributed by atoms with Gasteiger partial charge in [0.1, 0.15) is 11.4 Å². The molecular formula is C30H43FN2O9S. The molecule has 3 atom stereocenters. The highest BCUT2D eigenvalue weighted by Crippen LogP contribution is 2.34. The lowest BCUT2D eigenvalue weighted by Gasteiger charge is -2.39. The molecule has 1 saturated carbocycles. The molecule has 43 heavy (non-hydrogen) atoms. The fraction of sp³-hybridized carbons (Fsp3) is 0.633. The molecule has 0 unspecified atom stereocenters. The monoisotopic (exact) mass is 626 g/mol. The number of carboxylic acid groups (broad SMARTS) is 1. The highest BCUT2D eigenvalue weighted by atomic mass is 32.2. The second kappa shape index (κ2) is 13.9. The zero-order valence-corrected chi connectivity index (χ0v) is 26.0. The molecule has 2 N–H and O–H groups in total. The van der Waals surface area contributed by atoms with Gasteiger partial charge in [-0.25, -0.2) is 17.6 Å². The van der Waals surface area contributed by atoms with Gasteiger partial charge in [-0.2, -0.15) is 4.31 Å². The number of allylic oxidation sites excluding steroid dienone is 1. The number of rotatable bonds is 13. The molecule has 1 saturated heterocycles. The van der Waals surface area contributed by atoms with Gasteiger partial charge in [-0.1, -0.05) is 12.1 Å². The molecule has 2 aliphatic heterocycles. The number of amides is 1. The van der Waals surface area contributed by atoms with Crippen molar-refractivity contribution in [2.45, 2.75) is 87.8 Å². The summed E-state index contributed by atoms with van der Waals surface area (Å²) in [6, 6.07) is 5.82. The van der Waals surface area contributed by atoms with E-state index in [0.29, 0.717) is 61.3 Å². The Morgan fingerprint density at radius 1 is 1.16 bits per heavy atom. The van der Waals surface area contributed by atoms with Crippen molar-refractivity contribution in [3.05, 3.63) is 53.4 Å². The number of benzene rings is 1. The number of fused-ring (bicyclic) bond motifs is 1. The summed E-state index contributed by atoms with van der Waals surface area (Å²) >= 11 is 0. The molecule has 13 heteroatoms. The minimum Gasteiger partial charge on any atom is -0.497 e. The summed E-state index contributed by atoms with van der Waals surface area (Å²) in [5.41, 5.74) is -0.301. The van der Waals surface area contributed by atoms with Crippen molar-refractivity contribution in [1.82, 2.24) is 9.21 Å². The van der Waals surface area contributed by atoms with E-state index in [1.54, 1.807) is 31.4 Å². The molecule has 1 aromatic carbocycles. The number of aliphatic hydroxyl groups excluding tert-OH is 1. The number of alkyl halides is 1. The van der Waals surface area contributed by atoms with Gasteiger partial charge in [0.05, 0.1) is 49.2 Å². The second-order valence-electron chi connectivity index (χ2n) is 11.8. The van der Waals surface area contributed by atoms with E-state index in [4.69, 9.17) is 18.9 Å². The first-order valence-corrected chi connectivity index (χ1v) is 16.0. The van der Waals surface area contributed by atoms with Gasteiger partial charge in [-0.05, 0) is 69.7 Å². The van der Waals surface area contributed by atoms with Gasteiger partial charge >= 0.3 is 6.09 Å². The molecule has 4 rings (SSSR count). The van der Waals surface area contributed by atoms with Crippen LogP contribution in [0.1, 0.15) is 51.5 Å². The minimum atomic E-state index is -4.06. The van der Waals surface area contributed by atoms with Crippen molar-refractivity contribution >= 4 is 16.1 Å². The molecule has 0 aromatic heterocycles. The van der Waals surface area contributed by atoms with Crippen LogP contribution in [0, 0.1) is 0 Å². The van der Waals surface area contributed by atoms with Crippen LogP contribution < -0.4 is 4.74 Å². The Morgan fingerprint density at radius 3 is 2.42 bits per heavy atom. The summed E-state index contributed by atoms with van der Waals surface area (Å²) in [7, 11) is -0.933. The fourth-order valence-electron chi connectivity index (χ4n) is 5.99. The molecule has 1 aromatic rings.